The molecule has 1 fully saturated rings. The van der Waals surface area contributed by atoms with Gasteiger partial charge in [0, 0.05) is 25.6 Å². The van der Waals surface area contributed by atoms with Gasteiger partial charge in [0.15, 0.2) is 5.76 Å². The van der Waals surface area contributed by atoms with Gasteiger partial charge in [-0.2, -0.15) is 0 Å². The molecule has 3 heterocycles. The van der Waals surface area contributed by atoms with Gasteiger partial charge in [0.25, 0.3) is 0 Å². The van der Waals surface area contributed by atoms with Crippen LogP contribution in [0, 0.1) is 0 Å². The van der Waals surface area contributed by atoms with Crippen molar-refractivity contribution in [3.63, 3.8) is 0 Å². The van der Waals surface area contributed by atoms with E-state index in [0.717, 1.165) is 4.90 Å². The molecule has 2 amide bonds. The van der Waals surface area contributed by atoms with E-state index in [4.69, 9.17) is 4.42 Å². The lowest BCUT2D eigenvalue weighted by Gasteiger charge is -2.14. The quantitative estimate of drug-likeness (QED) is 0.624. The number of nitrogens with one attached hydrogen (secondary N) is 1. The molecule has 2 aromatic heterocycles. The standard InChI is InChI=1S/C20H17N3O5S/c24-19-9-10-20(25)23(19)15-4-6-16(7-5-15)29(26,27)22-13-14-3-8-17(21-12-14)18-2-1-11-28-18/h1-8,11-12,22H,9-10,13H2. The van der Waals surface area contributed by atoms with E-state index in [9.17, 15) is 18.0 Å². The summed E-state index contributed by atoms with van der Waals surface area (Å²) in [5.74, 6) is 0.0654. The van der Waals surface area contributed by atoms with Gasteiger partial charge in [-0.3, -0.25) is 19.5 Å². The number of sulfonamides is 1. The molecular formula is C20H17N3O5S. The number of imide groups is 1. The molecule has 0 radical (unpaired) electrons. The van der Waals surface area contributed by atoms with Gasteiger partial charge in [0.05, 0.1) is 16.8 Å². The van der Waals surface area contributed by atoms with E-state index in [0.29, 0.717) is 22.7 Å². The smallest absolute Gasteiger partial charge is 0.240 e. The number of hydrogen-bond acceptors (Lipinski definition) is 6. The lowest BCUT2D eigenvalue weighted by molar-refractivity contribution is -0.121. The summed E-state index contributed by atoms with van der Waals surface area (Å²) in [7, 11) is -3.76. The first kappa shape index (κ1) is 19.0. The molecule has 0 bridgehead atoms. The van der Waals surface area contributed by atoms with Crippen LogP contribution in [0.5, 0.6) is 0 Å². The largest absolute Gasteiger partial charge is 0.463 e. The molecule has 3 aromatic rings. The van der Waals surface area contributed by atoms with Crippen LogP contribution in [0.1, 0.15) is 18.4 Å². The second-order valence-corrected chi connectivity index (χ2v) is 8.24. The van der Waals surface area contributed by atoms with Gasteiger partial charge in [-0.15, -0.1) is 0 Å². The van der Waals surface area contributed by atoms with Crippen molar-refractivity contribution in [1.82, 2.24) is 9.71 Å². The SMILES string of the molecule is O=C1CCC(=O)N1c1ccc(S(=O)(=O)NCc2ccc(-c3ccco3)nc2)cc1. The number of rotatable bonds is 6. The summed E-state index contributed by atoms with van der Waals surface area (Å²) in [6.07, 6.45) is 3.48. The molecule has 9 heteroatoms. The molecule has 0 unspecified atom stereocenters. The van der Waals surface area contributed by atoms with Crippen LogP contribution in [0.15, 0.2) is 70.3 Å². The molecule has 0 saturated carbocycles. The lowest BCUT2D eigenvalue weighted by atomic mass is 10.2. The molecule has 1 aromatic carbocycles. The Labute approximate surface area is 167 Å². The second-order valence-electron chi connectivity index (χ2n) is 6.47. The third kappa shape index (κ3) is 3.96. The number of furan rings is 1. The van der Waals surface area contributed by atoms with Crippen molar-refractivity contribution in [2.45, 2.75) is 24.3 Å². The number of amides is 2. The summed E-state index contributed by atoms with van der Waals surface area (Å²) >= 11 is 0. The van der Waals surface area contributed by atoms with E-state index in [2.05, 4.69) is 9.71 Å². The molecule has 0 spiro atoms. The van der Waals surface area contributed by atoms with Crippen molar-refractivity contribution in [1.29, 1.82) is 0 Å². The first-order chi connectivity index (χ1) is 13.9. The maximum absolute atomic E-state index is 12.5. The van der Waals surface area contributed by atoms with Crippen molar-refractivity contribution < 1.29 is 22.4 Å². The molecule has 1 aliphatic heterocycles. The Morgan fingerprint density at radius 2 is 1.72 bits per heavy atom. The first-order valence-electron chi connectivity index (χ1n) is 8.88. The highest BCUT2D eigenvalue weighted by Gasteiger charge is 2.30. The van der Waals surface area contributed by atoms with E-state index >= 15 is 0 Å². The number of aromatic nitrogens is 1. The highest BCUT2D eigenvalue weighted by molar-refractivity contribution is 7.89. The second kappa shape index (κ2) is 7.61. The molecule has 8 nitrogen and oxygen atoms in total. The lowest BCUT2D eigenvalue weighted by Crippen LogP contribution is -2.28. The zero-order valence-electron chi connectivity index (χ0n) is 15.2. The molecular weight excluding hydrogens is 394 g/mol. The number of carbonyl (C=O) groups is 2. The molecule has 0 atom stereocenters. The zero-order valence-corrected chi connectivity index (χ0v) is 16.1. The van der Waals surface area contributed by atoms with E-state index in [1.165, 1.54) is 24.3 Å². The Bertz CT molecular complexity index is 1120. The Kier molecular flexibility index (Phi) is 4.99. The van der Waals surface area contributed by atoms with Crippen molar-refractivity contribution in [2.24, 2.45) is 0 Å². The summed E-state index contributed by atoms with van der Waals surface area (Å²) in [5.41, 5.74) is 1.71. The average molecular weight is 411 g/mol. The minimum atomic E-state index is -3.76. The Balaban J connectivity index is 1.43. The number of carbonyl (C=O) groups excluding carboxylic acids is 2. The van der Waals surface area contributed by atoms with Crippen molar-refractivity contribution in [3.05, 3.63) is 66.6 Å². The van der Waals surface area contributed by atoms with Crippen LogP contribution in [0.2, 0.25) is 0 Å². The van der Waals surface area contributed by atoms with E-state index in [-0.39, 0.29) is 36.1 Å². The van der Waals surface area contributed by atoms with Gasteiger partial charge in [-0.1, -0.05) is 6.07 Å². The van der Waals surface area contributed by atoms with Crippen LogP contribution in [-0.4, -0.2) is 25.2 Å². The summed E-state index contributed by atoms with van der Waals surface area (Å²) in [5, 5.41) is 0. The van der Waals surface area contributed by atoms with Gasteiger partial charge in [-0.25, -0.2) is 13.1 Å². The van der Waals surface area contributed by atoms with Gasteiger partial charge >= 0.3 is 0 Å². The van der Waals surface area contributed by atoms with Gasteiger partial charge in [0.2, 0.25) is 21.8 Å². The van der Waals surface area contributed by atoms with Crippen LogP contribution >= 0.6 is 0 Å². The molecule has 4 rings (SSSR count). The van der Waals surface area contributed by atoms with Gasteiger partial charge in [-0.05, 0) is 48.0 Å². The highest BCUT2D eigenvalue weighted by Crippen LogP contribution is 2.24. The fourth-order valence-corrected chi connectivity index (χ4v) is 4.02. The summed E-state index contributed by atoms with van der Waals surface area (Å²) in [4.78, 5) is 29.0. The number of pyridine rings is 1. The van der Waals surface area contributed by atoms with E-state index in [1.807, 2.05) is 0 Å². The first-order valence-corrected chi connectivity index (χ1v) is 10.4. The fraction of sp³-hybridized carbons (Fsp3) is 0.150. The highest BCUT2D eigenvalue weighted by atomic mass is 32.2. The van der Waals surface area contributed by atoms with Gasteiger partial charge in [0.1, 0.15) is 5.69 Å². The third-order valence-corrected chi connectivity index (χ3v) is 5.94. The van der Waals surface area contributed by atoms with Crippen molar-refractivity contribution in [2.75, 3.05) is 4.90 Å². The number of nitrogens with zero attached hydrogens (tertiary/aromatic N) is 2. The fourth-order valence-electron chi connectivity index (χ4n) is 3.00. The summed E-state index contributed by atoms with van der Waals surface area (Å²) in [6, 6.07) is 12.7. The van der Waals surface area contributed by atoms with Crippen LogP contribution in [0.25, 0.3) is 11.5 Å². The minimum Gasteiger partial charge on any atom is -0.463 e. The van der Waals surface area contributed by atoms with E-state index < -0.39 is 10.0 Å². The van der Waals surface area contributed by atoms with Crippen LogP contribution in [0.3, 0.4) is 0 Å². The van der Waals surface area contributed by atoms with Crippen LogP contribution < -0.4 is 9.62 Å². The minimum absolute atomic E-state index is 0.0421. The van der Waals surface area contributed by atoms with Gasteiger partial charge < -0.3 is 4.42 Å². The molecule has 0 aliphatic carbocycles. The Hall–Kier alpha value is -3.30. The molecule has 1 aliphatic rings. The third-order valence-electron chi connectivity index (χ3n) is 4.52. The van der Waals surface area contributed by atoms with Crippen molar-refractivity contribution in [3.8, 4) is 11.5 Å². The Morgan fingerprint density at radius 3 is 2.31 bits per heavy atom. The predicted molar refractivity (Wildman–Crippen MR) is 104 cm³/mol. The number of anilines is 1. The average Bonchev–Trinajstić information content (AvgIpc) is 3.37. The molecule has 1 saturated heterocycles. The Morgan fingerprint density at radius 1 is 1.00 bits per heavy atom. The number of benzene rings is 1. The van der Waals surface area contributed by atoms with Crippen LogP contribution in [-0.2, 0) is 26.2 Å². The molecule has 29 heavy (non-hydrogen) atoms. The predicted octanol–water partition coefficient (Wildman–Crippen LogP) is 2.47. The normalized spacial score (nSPS) is 14.6. The summed E-state index contributed by atoms with van der Waals surface area (Å²) in [6.45, 7) is 0.0681. The monoisotopic (exact) mass is 411 g/mol. The van der Waals surface area contributed by atoms with Crippen LogP contribution in [0.4, 0.5) is 5.69 Å². The molecule has 148 valence electrons. The summed E-state index contributed by atoms with van der Waals surface area (Å²) < 4.78 is 32.8. The number of hydrogen-bond donors (Lipinski definition) is 1. The maximum Gasteiger partial charge on any atom is 0.240 e. The zero-order chi connectivity index (χ0) is 20.4. The molecule has 1 N–H and O–H groups in total. The maximum atomic E-state index is 12.5. The topological polar surface area (TPSA) is 110 Å². The van der Waals surface area contributed by atoms with Crippen molar-refractivity contribution >= 4 is 27.5 Å². The van der Waals surface area contributed by atoms with E-state index in [1.54, 1.807) is 36.7 Å².